The van der Waals surface area contributed by atoms with Gasteiger partial charge in [0.1, 0.15) is 0 Å². The number of hydrogen-bond donors (Lipinski definition) is 0. The Morgan fingerprint density at radius 2 is 2.00 bits per heavy atom. The molecule has 58 valence electrons. The molecule has 1 rings (SSSR count). The Hall–Kier alpha value is 0.0200. The maximum Gasteiger partial charge on any atom is 0.0740 e. The average Bonchev–Trinajstić information content (AvgIpc) is 2.01. The molecule has 11 heavy (non-hydrogen) atoms. The molecule has 0 nitrogen and oxygen atoms in total. The minimum absolute atomic E-state index is 0.532. The lowest BCUT2D eigenvalue weighted by Gasteiger charge is -2.01. The predicted molar refractivity (Wildman–Crippen MR) is 54.3 cm³/mol. The molecule has 0 bridgehead atoms. The van der Waals surface area contributed by atoms with Crippen molar-refractivity contribution in [3.8, 4) is 0 Å². The van der Waals surface area contributed by atoms with Crippen molar-refractivity contribution in [3.05, 3.63) is 38.8 Å². The summed E-state index contributed by atoms with van der Waals surface area (Å²) >= 11 is 14.9. The van der Waals surface area contributed by atoms with Gasteiger partial charge in [-0.2, -0.15) is 0 Å². The summed E-state index contributed by atoms with van der Waals surface area (Å²) in [7, 11) is 0. The molecule has 0 saturated heterocycles. The molecule has 0 aliphatic carbocycles. The molecule has 1 aromatic rings. The van der Waals surface area contributed by atoms with E-state index in [4.69, 9.17) is 23.2 Å². The van der Waals surface area contributed by atoms with Gasteiger partial charge in [-0.1, -0.05) is 41.9 Å². The Balaban J connectivity index is 3.36. The quantitative estimate of drug-likeness (QED) is 0.649. The molecular weight excluding hydrogens is 247 g/mol. The van der Waals surface area contributed by atoms with E-state index < -0.39 is 0 Å². The molecule has 0 aliphatic rings. The van der Waals surface area contributed by atoms with Crippen LogP contribution in [-0.2, 0) is 0 Å². The lowest BCUT2D eigenvalue weighted by atomic mass is 10.2. The van der Waals surface area contributed by atoms with Gasteiger partial charge in [0, 0.05) is 4.47 Å². The Bertz CT molecular complexity index is 294. The van der Waals surface area contributed by atoms with E-state index in [1.54, 1.807) is 12.1 Å². The molecule has 0 heterocycles. The minimum atomic E-state index is 0.532. The lowest BCUT2D eigenvalue weighted by molar-refractivity contribution is 1.60. The lowest BCUT2D eigenvalue weighted by Crippen LogP contribution is -1.77. The summed E-state index contributed by atoms with van der Waals surface area (Å²) in [4.78, 5) is 0. The van der Waals surface area contributed by atoms with E-state index in [-0.39, 0.29) is 0 Å². The maximum atomic E-state index is 5.83. The van der Waals surface area contributed by atoms with Gasteiger partial charge in [-0.15, -0.1) is 0 Å². The molecule has 3 heteroatoms. The Labute approximate surface area is 83.9 Å². The molecular formula is C8H5BrCl2. The van der Waals surface area contributed by atoms with Crippen LogP contribution in [0.2, 0.25) is 10.0 Å². The van der Waals surface area contributed by atoms with Gasteiger partial charge in [0.2, 0.25) is 0 Å². The monoisotopic (exact) mass is 250 g/mol. The van der Waals surface area contributed by atoms with Crippen molar-refractivity contribution >= 4 is 45.2 Å². The third-order valence-corrected chi connectivity index (χ3v) is 3.17. The largest absolute Gasteiger partial charge is 0.0984 e. The predicted octanol–water partition coefficient (Wildman–Crippen LogP) is 4.40. The van der Waals surface area contributed by atoms with Crippen LogP contribution in [0.1, 0.15) is 5.56 Å². The van der Waals surface area contributed by atoms with E-state index in [1.807, 2.05) is 6.07 Å². The molecule has 0 amide bonds. The second-order valence-corrected chi connectivity index (χ2v) is 3.55. The highest BCUT2D eigenvalue weighted by atomic mass is 79.9. The smallest absolute Gasteiger partial charge is 0.0740 e. The maximum absolute atomic E-state index is 5.83. The first kappa shape index (κ1) is 9.11. The summed E-state index contributed by atoms with van der Waals surface area (Å²) in [5.41, 5.74) is 0.944. The van der Waals surface area contributed by atoms with Crippen molar-refractivity contribution < 1.29 is 0 Å². The zero-order chi connectivity index (χ0) is 8.43. The van der Waals surface area contributed by atoms with Gasteiger partial charge in [-0.05, 0) is 27.6 Å². The Kier molecular flexibility index (Phi) is 2.99. The van der Waals surface area contributed by atoms with E-state index in [9.17, 15) is 0 Å². The van der Waals surface area contributed by atoms with Crippen LogP contribution in [0.3, 0.4) is 0 Å². The normalized spacial score (nSPS) is 9.73. The van der Waals surface area contributed by atoms with E-state index in [0.29, 0.717) is 10.0 Å². The summed E-state index contributed by atoms with van der Waals surface area (Å²) in [6.07, 6.45) is 1.71. The third-order valence-electron chi connectivity index (χ3n) is 1.28. The van der Waals surface area contributed by atoms with E-state index in [2.05, 4.69) is 22.5 Å². The summed E-state index contributed by atoms with van der Waals surface area (Å²) in [6, 6.07) is 3.59. The number of rotatable bonds is 1. The first-order valence-corrected chi connectivity index (χ1v) is 4.47. The highest BCUT2D eigenvalue weighted by molar-refractivity contribution is 9.10. The van der Waals surface area contributed by atoms with Crippen molar-refractivity contribution in [3.63, 3.8) is 0 Å². The molecule has 0 aromatic heterocycles. The molecule has 0 aliphatic heterocycles. The first-order valence-electron chi connectivity index (χ1n) is 2.92. The van der Waals surface area contributed by atoms with Gasteiger partial charge in [-0.25, -0.2) is 0 Å². The number of hydrogen-bond acceptors (Lipinski definition) is 0. The van der Waals surface area contributed by atoms with Crippen LogP contribution in [-0.4, -0.2) is 0 Å². The van der Waals surface area contributed by atoms with Crippen molar-refractivity contribution in [1.29, 1.82) is 0 Å². The van der Waals surface area contributed by atoms with Gasteiger partial charge in [0.15, 0.2) is 0 Å². The van der Waals surface area contributed by atoms with Crippen LogP contribution in [0, 0.1) is 0 Å². The van der Waals surface area contributed by atoms with Crippen molar-refractivity contribution in [2.24, 2.45) is 0 Å². The standard InChI is InChI=1S/C8H5BrCl2/c1-2-5-3-4-6(10)8(11)7(5)9/h2-4H,1H2. The molecule has 0 unspecified atom stereocenters. The van der Waals surface area contributed by atoms with E-state index in [0.717, 1.165) is 10.0 Å². The SMILES string of the molecule is C=Cc1ccc(Cl)c(Cl)c1Br. The summed E-state index contributed by atoms with van der Waals surface area (Å²) in [5, 5.41) is 1.08. The van der Waals surface area contributed by atoms with Crippen LogP contribution in [0.15, 0.2) is 23.2 Å². The molecule has 0 radical (unpaired) electrons. The van der Waals surface area contributed by atoms with Crippen molar-refractivity contribution in [1.82, 2.24) is 0 Å². The van der Waals surface area contributed by atoms with Gasteiger partial charge in [0.05, 0.1) is 10.0 Å². The third kappa shape index (κ3) is 1.78. The van der Waals surface area contributed by atoms with Gasteiger partial charge >= 0.3 is 0 Å². The minimum Gasteiger partial charge on any atom is -0.0984 e. The summed E-state index contributed by atoms with van der Waals surface area (Å²) in [5.74, 6) is 0. The van der Waals surface area contributed by atoms with Crippen LogP contribution < -0.4 is 0 Å². The second kappa shape index (κ2) is 3.61. The van der Waals surface area contributed by atoms with Crippen LogP contribution in [0.4, 0.5) is 0 Å². The molecule has 0 spiro atoms. The number of halogens is 3. The molecule has 1 aromatic carbocycles. The van der Waals surface area contributed by atoms with Crippen LogP contribution in [0.25, 0.3) is 6.08 Å². The Morgan fingerprint density at radius 3 is 2.55 bits per heavy atom. The molecule has 0 saturated carbocycles. The fraction of sp³-hybridized carbons (Fsp3) is 0. The van der Waals surface area contributed by atoms with Gasteiger partial charge in [-0.3, -0.25) is 0 Å². The summed E-state index contributed by atoms with van der Waals surface area (Å²) in [6.45, 7) is 3.63. The summed E-state index contributed by atoms with van der Waals surface area (Å²) < 4.78 is 0.793. The van der Waals surface area contributed by atoms with E-state index in [1.165, 1.54) is 0 Å². The molecule has 0 fully saturated rings. The fourth-order valence-corrected chi connectivity index (χ4v) is 1.65. The van der Waals surface area contributed by atoms with Gasteiger partial charge in [0.25, 0.3) is 0 Å². The second-order valence-electron chi connectivity index (χ2n) is 1.97. The van der Waals surface area contributed by atoms with Crippen LogP contribution in [0.5, 0.6) is 0 Å². The fourth-order valence-electron chi connectivity index (χ4n) is 0.698. The van der Waals surface area contributed by atoms with Crippen molar-refractivity contribution in [2.75, 3.05) is 0 Å². The topological polar surface area (TPSA) is 0 Å². The van der Waals surface area contributed by atoms with E-state index >= 15 is 0 Å². The van der Waals surface area contributed by atoms with Gasteiger partial charge < -0.3 is 0 Å². The molecule has 0 N–H and O–H groups in total. The first-order chi connectivity index (χ1) is 5.16. The van der Waals surface area contributed by atoms with Crippen LogP contribution >= 0.6 is 39.1 Å². The zero-order valence-corrected chi connectivity index (χ0v) is 8.67. The Morgan fingerprint density at radius 1 is 1.36 bits per heavy atom. The number of benzene rings is 1. The molecule has 0 atom stereocenters. The van der Waals surface area contributed by atoms with Crippen molar-refractivity contribution in [2.45, 2.75) is 0 Å². The highest BCUT2D eigenvalue weighted by Crippen LogP contribution is 2.33. The highest BCUT2D eigenvalue weighted by Gasteiger charge is 2.04. The zero-order valence-electron chi connectivity index (χ0n) is 5.57. The average molecular weight is 252 g/mol.